The third-order valence-corrected chi connectivity index (χ3v) is 6.13. The molecule has 1 atom stereocenters. The smallest absolute Gasteiger partial charge is 0.273 e. The lowest BCUT2D eigenvalue weighted by Crippen LogP contribution is -2.34. The Bertz CT molecular complexity index is 1110. The van der Waals surface area contributed by atoms with E-state index in [-0.39, 0.29) is 23.7 Å². The maximum Gasteiger partial charge on any atom is 0.273 e. The van der Waals surface area contributed by atoms with Gasteiger partial charge in [-0.3, -0.25) is 9.59 Å². The van der Waals surface area contributed by atoms with Crippen LogP contribution in [0, 0.1) is 12.8 Å². The first-order chi connectivity index (χ1) is 15.9. The molecule has 1 aliphatic rings. The number of aryl methyl sites for hydroxylation is 1. The quantitative estimate of drug-likeness (QED) is 0.603. The highest BCUT2D eigenvalue weighted by atomic mass is 16.2. The average molecular weight is 446 g/mol. The summed E-state index contributed by atoms with van der Waals surface area (Å²) in [7, 11) is 0. The van der Waals surface area contributed by atoms with Crippen LogP contribution in [0.2, 0.25) is 0 Å². The molecule has 0 bridgehead atoms. The number of hydrogen-bond acceptors (Lipinski definition) is 4. The molecule has 1 saturated heterocycles. The highest BCUT2D eigenvalue weighted by Gasteiger charge is 2.28. The van der Waals surface area contributed by atoms with Gasteiger partial charge < -0.3 is 10.2 Å². The summed E-state index contributed by atoms with van der Waals surface area (Å²) in [4.78, 5) is 27.5. The third-order valence-electron chi connectivity index (χ3n) is 6.13. The van der Waals surface area contributed by atoms with E-state index in [1.165, 1.54) is 0 Å². The molecule has 0 radical (unpaired) electrons. The van der Waals surface area contributed by atoms with Crippen LogP contribution in [0.25, 0.3) is 5.69 Å². The Balaban J connectivity index is 1.36. The largest absolute Gasteiger partial charge is 0.350 e. The van der Waals surface area contributed by atoms with Crippen LogP contribution >= 0.6 is 0 Å². The van der Waals surface area contributed by atoms with E-state index in [9.17, 15) is 9.59 Å². The van der Waals surface area contributed by atoms with Crippen LogP contribution in [-0.4, -0.2) is 51.3 Å². The summed E-state index contributed by atoms with van der Waals surface area (Å²) in [6.07, 6.45) is 1.30. The number of benzene rings is 2. The van der Waals surface area contributed by atoms with Gasteiger partial charge >= 0.3 is 0 Å². The Kier molecular flexibility index (Phi) is 6.87. The molecule has 2 aromatic carbocycles. The summed E-state index contributed by atoms with van der Waals surface area (Å²) in [5.74, 6) is 0.243. The Morgan fingerprint density at radius 3 is 2.52 bits per heavy atom. The van der Waals surface area contributed by atoms with Gasteiger partial charge in [0.25, 0.3) is 5.91 Å². The minimum absolute atomic E-state index is 0.0830. The van der Waals surface area contributed by atoms with Crippen molar-refractivity contribution in [2.75, 3.05) is 19.6 Å². The average Bonchev–Trinajstić information content (AvgIpc) is 3.46. The number of carbonyl (C=O) groups is 2. The van der Waals surface area contributed by atoms with Gasteiger partial charge in [-0.05, 0) is 42.9 Å². The van der Waals surface area contributed by atoms with Gasteiger partial charge in [0.2, 0.25) is 5.91 Å². The molecule has 1 N–H and O–H groups in total. The van der Waals surface area contributed by atoms with Gasteiger partial charge in [-0.1, -0.05) is 67.1 Å². The second-order valence-corrected chi connectivity index (χ2v) is 9.09. The van der Waals surface area contributed by atoms with Crippen molar-refractivity contribution >= 4 is 11.8 Å². The molecule has 172 valence electrons. The Labute approximate surface area is 194 Å². The van der Waals surface area contributed by atoms with Gasteiger partial charge in [-0.2, -0.15) is 0 Å². The number of aromatic nitrogens is 3. The molecule has 3 aromatic rings. The summed E-state index contributed by atoms with van der Waals surface area (Å²) in [6, 6.07) is 17.8. The van der Waals surface area contributed by atoms with E-state index < -0.39 is 0 Å². The molecule has 1 aromatic heterocycles. The van der Waals surface area contributed by atoms with Gasteiger partial charge in [0, 0.05) is 19.6 Å². The molecule has 0 saturated carbocycles. The Morgan fingerprint density at radius 1 is 1.09 bits per heavy atom. The van der Waals surface area contributed by atoms with E-state index in [0.717, 1.165) is 35.5 Å². The van der Waals surface area contributed by atoms with Gasteiger partial charge in [0.1, 0.15) is 0 Å². The predicted molar refractivity (Wildman–Crippen MR) is 127 cm³/mol. The van der Waals surface area contributed by atoms with Crippen molar-refractivity contribution in [2.45, 2.75) is 39.5 Å². The molecule has 0 aliphatic carbocycles. The number of nitrogens with one attached hydrogen (secondary N) is 1. The van der Waals surface area contributed by atoms with Crippen molar-refractivity contribution in [3.8, 4) is 5.69 Å². The number of likely N-dealkylation sites (tertiary alicyclic amines) is 1. The number of carbonyl (C=O) groups excluding carboxylic acids is 2. The lowest BCUT2D eigenvalue weighted by Gasteiger charge is -2.17. The van der Waals surface area contributed by atoms with Crippen molar-refractivity contribution in [2.24, 2.45) is 5.92 Å². The van der Waals surface area contributed by atoms with Gasteiger partial charge in [0.05, 0.1) is 17.8 Å². The predicted octanol–water partition coefficient (Wildman–Crippen LogP) is 3.52. The molecule has 2 heterocycles. The van der Waals surface area contributed by atoms with Crippen LogP contribution in [0.3, 0.4) is 0 Å². The summed E-state index contributed by atoms with van der Waals surface area (Å²) in [5, 5.41) is 11.5. The first-order valence-corrected chi connectivity index (χ1v) is 11.5. The second kappa shape index (κ2) is 9.98. The first-order valence-electron chi connectivity index (χ1n) is 11.5. The zero-order valence-corrected chi connectivity index (χ0v) is 19.5. The summed E-state index contributed by atoms with van der Waals surface area (Å²) >= 11 is 0. The number of hydrogen-bond donors (Lipinski definition) is 1. The van der Waals surface area contributed by atoms with Gasteiger partial charge in [0.15, 0.2) is 5.69 Å². The lowest BCUT2D eigenvalue weighted by atomic mass is 10.1. The minimum Gasteiger partial charge on any atom is -0.350 e. The monoisotopic (exact) mass is 445 g/mol. The highest BCUT2D eigenvalue weighted by Crippen LogP contribution is 2.22. The van der Waals surface area contributed by atoms with Gasteiger partial charge in [-0.15, -0.1) is 5.10 Å². The third kappa shape index (κ3) is 5.30. The Morgan fingerprint density at radius 2 is 1.82 bits per heavy atom. The number of amides is 2. The van der Waals surface area contributed by atoms with Crippen LogP contribution in [0.5, 0.6) is 0 Å². The Hall–Kier alpha value is -3.48. The second-order valence-electron chi connectivity index (χ2n) is 9.09. The molecular weight excluding hydrogens is 414 g/mol. The van der Waals surface area contributed by atoms with Crippen LogP contribution in [0.15, 0.2) is 54.6 Å². The van der Waals surface area contributed by atoms with Crippen molar-refractivity contribution in [3.05, 3.63) is 77.1 Å². The maximum atomic E-state index is 13.0. The van der Waals surface area contributed by atoms with Crippen LogP contribution in [0.1, 0.15) is 53.5 Å². The summed E-state index contributed by atoms with van der Waals surface area (Å²) in [6.45, 7) is 8.02. The van der Waals surface area contributed by atoms with Crippen LogP contribution < -0.4 is 5.32 Å². The van der Waals surface area contributed by atoms with E-state index in [4.69, 9.17) is 0 Å². The van der Waals surface area contributed by atoms with Crippen molar-refractivity contribution in [1.29, 1.82) is 0 Å². The van der Waals surface area contributed by atoms with E-state index in [2.05, 4.69) is 15.6 Å². The molecule has 0 spiro atoms. The standard InChI is InChI=1S/C26H31N5O2/c1-18(2)25-24(28-29-31(25)22-11-9-19(3)10-12-22)26(33)27-16-21-13-14-30(17-21)23(32)15-20-7-5-4-6-8-20/h4-12,18,21H,13-17H2,1-3H3,(H,27,33). The summed E-state index contributed by atoms with van der Waals surface area (Å²) < 4.78 is 1.75. The van der Waals surface area contributed by atoms with E-state index in [1.54, 1.807) is 4.68 Å². The van der Waals surface area contributed by atoms with Crippen molar-refractivity contribution in [3.63, 3.8) is 0 Å². The molecule has 1 aliphatic heterocycles. The van der Waals surface area contributed by atoms with Crippen LogP contribution in [-0.2, 0) is 11.2 Å². The van der Waals surface area contributed by atoms with E-state index >= 15 is 0 Å². The fraction of sp³-hybridized carbons (Fsp3) is 0.385. The molecule has 1 fully saturated rings. The number of nitrogens with zero attached hydrogens (tertiary/aromatic N) is 4. The number of rotatable bonds is 7. The molecule has 4 rings (SSSR count). The fourth-order valence-corrected chi connectivity index (χ4v) is 4.27. The molecule has 2 amide bonds. The zero-order chi connectivity index (χ0) is 23.4. The summed E-state index contributed by atoms with van der Waals surface area (Å²) in [5.41, 5.74) is 4.23. The molecule has 1 unspecified atom stereocenters. The van der Waals surface area contributed by atoms with E-state index in [0.29, 0.717) is 25.2 Å². The lowest BCUT2D eigenvalue weighted by molar-refractivity contribution is -0.129. The highest BCUT2D eigenvalue weighted by molar-refractivity contribution is 5.93. The molecule has 7 nitrogen and oxygen atoms in total. The SMILES string of the molecule is Cc1ccc(-n2nnc(C(=O)NCC3CCN(C(=O)Cc4ccccc4)C3)c2C(C)C)cc1. The maximum absolute atomic E-state index is 13.0. The first kappa shape index (κ1) is 22.7. The van der Waals surface area contributed by atoms with Crippen LogP contribution in [0.4, 0.5) is 0 Å². The van der Waals surface area contributed by atoms with Crippen molar-refractivity contribution < 1.29 is 9.59 Å². The van der Waals surface area contributed by atoms with E-state index in [1.807, 2.05) is 80.3 Å². The normalized spacial score (nSPS) is 15.8. The molecule has 7 heteroatoms. The van der Waals surface area contributed by atoms with Crippen molar-refractivity contribution in [1.82, 2.24) is 25.2 Å². The minimum atomic E-state index is -0.217. The fourth-order valence-electron chi connectivity index (χ4n) is 4.27. The van der Waals surface area contributed by atoms with Gasteiger partial charge in [-0.25, -0.2) is 4.68 Å². The topological polar surface area (TPSA) is 80.1 Å². The zero-order valence-electron chi connectivity index (χ0n) is 19.5. The molecular formula is C26H31N5O2. The molecule has 33 heavy (non-hydrogen) atoms.